The van der Waals surface area contributed by atoms with Crippen LogP contribution in [-0.2, 0) is 11.3 Å². The SMILES string of the molecule is CNCC1CCC(CN(C)Cc2ccc(Cl)s2)O1. The van der Waals surface area contributed by atoms with Crippen LogP contribution in [0.15, 0.2) is 12.1 Å². The fourth-order valence-corrected chi connectivity index (χ4v) is 3.57. The van der Waals surface area contributed by atoms with Crippen LogP contribution in [0.4, 0.5) is 0 Å². The van der Waals surface area contributed by atoms with Gasteiger partial charge in [0.15, 0.2) is 0 Å². The Morgan fingerprint density at radius 1 is 1.44 bits per heavy atom. The van der Waals surface area contributed by atoms with Gasteiger partial charge in [-0.15, -0.1) is 11.3 Å². The van der Waals surface area contributed by atoms with E-state index in [1.54, 1.807) is 11.3 Å². The van der Waals surface area contributed by atoms with Crippen molar-refractivity contribution in [1.29, 1.82) is 0 Å². The van der Waals surface area contributed by atoms with Gasteiger partial charge in [-0.2, -0.15) is 0 Å². The molecule has 1 aromatic rings. The van der Waals surface area contributed by atoms with Crippen molar-refractivity contribution in [1.82, 2.24) is 10.2 Å². The van der Waals surface area contributed by atoms with Crippen LogP contribution >= 0.6 is 22.9 Å². The van der Waals surface area contributed by atoms with Gasteiger partial charge in [0.05, 0.1) is 16.5 Å². The summed E-state index contributed by atoms with van der Waals surface area (Å²) in [6.07, 6.45) is 3.11. The number of hydrogen-bond donors (Lipinski definition) is 1. The third kappa shape index (κ3) is 4.21. The fraction of sp³-hybridized carbons (Fsp3) is 0.692. The van der Waals surface area contributed by atoms with Crippen LogP contribution in [-0.4, -0.2) is 44.3 Å². The average Bonchev–Trinajstić information content (AvgIpc) is 2.89. The zero-order valence-electron chi connectivity index (χ0n) is 11.0. The van der Waals surface area contributed by atoms with Crippen molar-refractivity contribution in [2.45, 2.75) is 31.6 Å². The van der Waals surface area contributed by atoms with Gasteiger partial charge in [0.2, 0.25) is 0 Å². The summed E-state index contributed by atoms with van der Waals surface area (Å²) in [5, 5.41) is 3.17. The lowest BCUT2D eigenvalue weighted by Gasteiger charge is -2.20. The summed E-state index contributed by atoms with van der Waals surface area (Å²) < 4.78 is 6.85. The summed E-state index contributed by atoms with van der Waals surface area (Å²) in [4.78, 5) is 3.63. The van der Waals surface area contributed by atoms with E-state index in [9.17, 15) is 0 Å². The standard InChI is InChI=1S/C13H21ClN2OS/c1-15-7-10-3-4-11(17-10)8-16(2)9-12-5-6-13(14)18-12/h5-6,10-11,15H,3-4,7-9H2,1-2H3. The molecule has 0 saturated carbocycles. The molecule has 0 bridgehead atoms. The summed E-state index contributed by atoms with van der Waals surface area (Å²) in [6, 6.07) is 4.06. The lowest BCUT2D eigenvalue weighted by atomic mass is 10.2. The molecule has 0 spiro atoms. The van der Waals surface area contributed by atoms with E-state index in [0.717, 1.165) is 24.0 Å². The Morgan fingerprint density at radius 2 is 2.22 bits per heavy atom. The molecule has 1 aliphatic rings. The molecule has 0 aromatic carbocycles. The van der Waals surface area contributed by atoms with Crippen LogP contribution in [0, 0.1) is 0 Å². The third-order valence-electron chi connectivity index (χ3n) is 3.20. The predicted molar refractivity (Wildman–Crippen MR) is 77.5 cm³/mol. The first-order valence-electron chi connectivity index (χ1n) is 6.40. The molecule has 1 aliphatic heterocycles. The number of ether oxygens (including phenoxy) is 1. The Morgan fingerprint density at radius 3 is 2.89 bits per heavy atom. The van der Waals surface area contributed by atoms with Gasteiger partial charge >= 0.3 is 0 Å². The minimum absolute atomic E-state index is 0.379. The van der Waals surface area contributed by atoms with Crippen LogP contribution < -0.4 is 5.32 Å². The van der Waals surface area contributed by atoms with E-state index in [1.165, 1.54) is 17.7 Å². The zero-order chi connectivity index (χ0) is 13.0. The molecule has 0 amide bonds. The van der Waals surface area contributed by atoms with Crippen molar-refractivity contribution >= 4 is 22.9 Å². The maximum Gasteiger partial charge on any atom is 0.0931 e. The summed E-state index contributed by atoms with van der Waals surface area (Å²) in [5.74, 6) is 0. The zero-order valence-corrected chi connectivity index (χ0v) is 12.6. The lowest BCUT2D eigenvalue weighted by Crippen LogP contribution is -2.30. The molecule has 1 fully saturated rings. The number of rotatable bonds is 6. The molecule has 5 heteroatoms. The first-order valence-corrected chi connectivity index (χ1v) is 7.59. The van der Waals surface area contributed by atoms with Crippen LogP contribution in [0.3, 0.4) is 0 Å². The van der Waals surface area contributed by atoms with Crippen molar-refractivity contribution in [2.75, 3.05) is 27.2 Å². The van der Waals surface area contributed by atoms with Gasteiger partial charge in [0.25, 0.3) is 0 Å². The second kappa shape index (κ2) is 6.87. The van der Waals surface area contributed by atoms with Crippen molar-refractivity contribution in [2.24, 2.45) is 0 Å². The van der Waals surface area contributed by atoms with Crippen LogP contribution in [0.2, 0.25) is 4.34 Å². The van der Waals surface area contributed by atoms with Crippen molar-refractivity contribution < 1.29 is 4.74 Å². The third-order valence-corrected chi connectivity index (χ3v) is 4.41. The smallest absolute Gasteiger partial charge is 0.0931 e. The van der Waals surface area contributed by atoms with Crippen molar-refractivity contribution in [3.63, 3.8) is 0 Å². The Balaban J connectivity index is 1.73. The van der Waals surface area contributed by atoms with Crippen LogP contribution in [0.25, 0.3) is 0 Å². The highest BCUT2D eigenvalue weighted by atomic mass is 35.5. The number of hydrogen-bond acceptors (Lipinski definition) is 4. The Bertz CT molecular complexity index is 372. The maximum absolute atomic E-state index is 5.99. The molecule has 0 radical (unpaired) electrons. The minimum Gasteiger partial charge on any atom is -0.372 e. The summed E-state index contributed by atoms with van der Waals surface area (Å²) in [5.41, 5.74) is 0. The summed E-state index contributed by atoms with van der Waals surface area (Å²) in [6.45, 7) is 2.91. The number of nitrogens with zero attached hydrogens (tertiary/aromatic N) is 1. The van der Waals surface area contributed by atoms with Crippen LogP contribution in [0.5, 0.6) is 0 Å². The molecule has 2 heterocycles. The largest absolute Gasteiger partial charge is 0.372 e. The highest BCUT2D eigenvalue weighted by Crippen LogP contribution is 2.24. The van der Waals surface area contributed by atoms with Gasteiger partial charge < -0.3 is 10.1 Å². The molecule has 3 nitrogen and oxygen atoms in total. The molecule has 2 unspecified atom stereocenters. The lowest BCUT2D eigenvalue weighted by molar-refractivity contribution is 0.0277. The molecule has 102 valence electrons. The Kier molecular flexibility index (Phi) is 5.45. The molecular weight excluding hydrogens is 268 g/mol. The van der Waals surface area contributed by atoms with Crippen molar-refractivity contribution in [3.05, 3.63) is 21.3 Å². The van der Waals surface area contributed by atoms with E-state index in [0.29, 0.717) is 12.2 Å². The van der Waals surface area contributed by atoms with E-state index in [-0.39, 0.29) is 0 Å². The molecule has 18 heavy (non-hydrogen) atoms. The Hall–Kier alpha value is -0.130. The van der Waals surface area contributed by atoms with Gasteiger partial charge in [-0.05, 0) is 39.1 Å². The first kappa shape index (κ1) is 14.3. The summed E-state index contributed by atoms with van der Waals surface area (Å²) >= 11 is 7.59. The van der Waals surface area contributed by atoms with E-state index < -0.39 is 0 Å². The number of nitrogens with one attached hydrogen (secondary N) is 1. The molecule has 0 aliphatic carbocycles. The monoisotopic (exact) mass is 288 g/mol. The predicted octanol–water partition coefficient (Wildman–Crippen LogP) is 2.60. The number of likely N-dealkylation sites (N-methyl/N-ethyl adjacent to an activating group) is 2. The molecule has 1 aromatic heterocycles. The van der Waals surface area contributed by atoms with E-state index in [2.05, 4.69) is 23.3 Å². The molecule has 1 N–H and O–H groups in total. The van der Waals surface area contributed by atoms with E-state index in [1.807, 2.05) is 13.1 Å². The summed E-state index contributed by atoms with van der Waals surface area (Å²) in [7, 11) is 4.12. The highest BCUT2D eigenvalue weighted by Gasteiger charge is 2.25. The topological polar surface area (TPSA) is 24.5 Å². The highest BCUT2D eigenvalue weighted by molar-refractivity contribution is 7.16. The van der Waals surface area contributed by atoms with Gasteiger partial charge in [0.1, 0.15) is 0 Å². The van der Waals surface area contributed by atoms with Crippen LogP contribution in [0.1, 0.15) is 17.7 Å². The maximum atomic E-state index is 5.99. The van der Waals surface area contributed by atoms with E-state index in [4.69, 9.17) is 16.3 Å². The number of halogens is 1. The van der Waals surface area contributed by atoms with Gasteiger partial charge in [-0.3, -0.25) is 4.90 Å². The fourth-order valence-electron chi connectivity index (χ4n) is 2.41. The number of thiophene rings is 1. The second-order valence-electron chi connectivity index (χ2n) is 4.92. The molecular formula is C13H21ClN2OS. The van der Waals surface area contributed by atoms with Crippen molar-refractivity contribution in [3.8, 4) is 0 Å². The quantitative estimate of drug-likeness (QED) is 0.871. The van der Waals surface area contributed by atoms with Gasteiger partial charge in [-0.25, -0.2) is 0 Å². The van der Waals surface area contributed by atoms with Gasteiger partial charge in [-0.1, -0.05) is 11.6 Å². The first-order chi connectivity index (χ1) is 8.67. The average molecular weight is 289 g/mol. The van der Waals surface area contributed by atoms with Gasteiger partial charge in [0, 0.05) is 24.5 Å². The molecule has 1 saturated heterocycles. The second-order valence-corrected chi connectivity index (χ2v) is 6.72. The minimum atomic E-state index is 0.379. The molecule has 2 rings (SSSR count). The van der Waals surface area contributed by atoms with E-state index >= 15 is 0 Å². The normalized spacial score (nSPS) is 24.0. The molecule has 2 atom stereocenters. The Labute approximate surface area is 118 Å².